The fourth-order valence-electron chi connectivity index (χ4n) is 4.18. The quantitative estimate of drug-likeness (QED) is 0.698. The number of anilines is 1. The van der Waals surface area contributed by atoms with E-state index >= 15 is 0 Å². The minimum atomic E-state index is -0.313. The third kappa shape index (κ3) is 5.04. The Morgan fingerprint density at radius 3 is 2.78 bits per heavy atom. The molecule has 2 amide bonds. The van der Waals surface area contributed by atoms with Gasteiger partial charge < -0.3 is 15.0 Å². The molecule has 0 unspecified atom stereocenters. The zero-order valence-electron chi connectivity index (χ0n) is 17.6. The molecule has 0 spiro atoms. The van der Waals surface area contributed by atoms with Gasteiger partial charge in [0.15, 0.2) is 0 Å². The van der Waals surface area contributed by atoms with Crippen molar-refractivity contribution in [2.24, 2.45) is 0 Å². The largest absolute Gasteiger partial charge is 0.490 e. The van der Waals surface area contributed by atoms with Crippen LogP contribution in [0.2, 0.25) is 5.02 Å². The van der Waals surface area contributed by atoms with Crippen molar-refractivity contribution in [3.63, 3.8) is 0 Å². The van der Waals surface area contributed by atoms with Gasteiger partial charge in [0.05, 0.1) is 17.1 Å². The maximum absolute atomic E-state index is 12.8. The summed E-state index contributed by atoms with van der Waals surface area (Å²) < 4.78 is 5.92. The number of likely N-dealkylation sites (tertiary alicyclic amines) is 1. The average molecular weight is 453 g/mol. The van der Waals surface area contributed by atoms with Crippen molar-refractivity contribution < 1.29 is 14.3 Å². The Labute approximate surface area is 192 Å². The van der Waals surface area contributed by atoms with Crippen LogP contribution in [0.1, 0.15) is 36.0 Å². The van der Waals surface area contributed by atoms with Gasteiger partial charge in [-0.05, 0) is 49.9 Å². The van der Waals surface area contributed by atoms with Gasteiger partial charge in [0.1, 0.15) is 18.4 Å². The normalized spacial score (nSPS) is 22.4. The Kier molecular flexibility index (Phi) is 6.93. The molecule has 8 heteroatoms. The van der Waals surface area contributed by atoms with E-state index in [9.17, 15) is 14.9 Å². The summed E-state index contributed by atoms with van der Waals surface area (Å²) in [5.41, 5.74) is 1.15. The number of carbonyl (C=O) groups is 2. The lowest BCUT2D eigenvalue weighted by atomic mass is 10.1. The van der Waals surface area contributed by atoms with Crippen LogP contribution in [0.15, 0.2) is 48.5 Å². The molecule has 2 N–H and O–H groups in total. The van der Waals surface area contributed by atoms with Crippen molar-refractivity contribution >= 4 is 29.1 Å². The monoisotopic (exact) mass is 452 g/mol. The van der Waals surface area contributed by atoms with Crippen LogP contribution in [0, 0.1) is 11.3 Å². The summed E-state index contributed by atoms with van der Waals surface area (Å²) in [7, 11) is 0. The molecule has 4 rings (SSSR count). The molecule has 2 saturated heterocycles. The van der Waals surface area contributed by atoms with Gasteiger partial charge in [-0.1, -0.05) is 29.8 Å². The molecule has 166 valence electrons. The van der Waals surface area contributed by atoms with Gasteiger partial charge in [-0.2, -0.15) is 5.26 Å². The van der Waals surface area contributed by atoms with E-state index in [4.69, 9.17) is 16.3 Å². The first kappa shape index (κ1) is 22.1. The van der Waals surface area contributed by atoms with Crippen LogP contribution in [0.4, 0.5) is 5.69 Å². The molecule has 2 aromatic carbocycles. The van der Waals surface area contributed by atoms with Gasteiger partial charge in [-0.25, -0.2) is 0 Å². The third-order valence-corrected chi connectivity index (χ3v) is 6.20. The van der Waals surface area contributed by atoms with Gasteiger partial charge in [0, 0.05) is 29.9 Å². The molecule has 0 radical (unpaired) electrons. The number of halogens is 1. The van der Waals surface area contributed by atoms with Gasteiger partial charge in [-0.3, -0.25) is 14.9 Å². The second-order valence-corrected chi connectivity index (χ2v) is 8.50. The Morgan fingerprint density at radius 1 is 1.19 bits per heavy atom. The average Bonchev–Trinajstić information content (AvgIpc) is 3.49. The van der Waals surface area contributed by atoms with E-state index in [1.807, 2.05) is 18.2 Å². The van der Waals surface area contributed by atoms with Crippen LogP contribution in [0.25, 0.3) is 0 Å². The van der Waals surface area contributed by atoms with Crippen LogP contribution < -0.4 is 15.4 Å². The van der Waals surface area contributed by atoms with Crippen molar-refractivity contribution in [2.45, 2.75) is 43.8 Å². The molecule has 2 fully saturated rings. The van der Waals surface area contributed by atoms with E-state index in [0.29, 0.717) is 41.6 Å². The molecule has 2 aliphatic rings. The Hall–Kier alpha value is -3.08. The van der Waals surface area contributed by atoms with Crippen LogP contribution in [0.5, 0.6) is 5.75 Å². The molecular weight excluding hydrogens is 428 g/mol. The molecule has 7 nitrogen and oxygen atoms in total. The highest BCUT2D eigenvalue weighted by Gasteiger charge is 2.37. The molecular formula is C24H25ClN4O3. The van der Waals surface area contributed by atoms with Gasteiger partial charge in [-0.15, -0.1) is 0 Å². The molecule has 0 saturated carbocycles. The molecule has 0 bridgehead atoms. The molecule has 2 heterocycles. The van der Waals surface area contributed by atoms with Crippen LogP contribution >= 0.6 is 11.6 Å². The molecule has 3 atom stereocenters. The maximum Gasteiger partial charge on any atom is 0.255 e. The zero-order chi connectivity index (χ0) is 22.5. The lowest BCUT2D eigenvalue weighted by Gasteiger charge is -2.24. The number of rotatable bonds is 6. The van der Waals surface area contributed by atoms with Crippen molar-refractivity contribution in [3.05, 3.63) is 59.1 Å². The highest BCUT2D eigenvalue weighted by atomic mass is 35.5. The lowest BCUT2D eigenvalue weighted by Crippen LogP contribution is -2.47. The molecule has 0 aliphatic carbocycles. The summed E-state index contributed by atoms with van der Waals surface area (Å²) >= 11 is 6.28. The predicted molar refractivity (Wildman–Crippen MR) is 122 cm³/mol. The number of hydrogen-bond acceptors (Lipinski definition) is 5. The molecule has 2 aliphatic heterocycles. The first-order valence-corrected chi connectivity index (χ1v) is 11.2. The third-order valence-electron chi connectivity index (χ3n) is 5.89. The van der Waals surface area contributed by atoms with E-state index in [1.165, 1.54) is 0 Å². The van der Waals surface area contributed by atoms with Crippen molar-refractivity contribution in [2.75, 3.05) is 18.5 Å². The number of carbonyl (C=O) groups excluding carboxylic acids is 2. The van der Waals surface area contributed by atoms with E-state index in [-0.39, 0.29) is 29.9 Å². The summed E-state index contributed by atoms with van der Waals surface area (Å²) in [4.78, 5) is 26.8. The number of ether oxygens (including phenoxy) is 1. The van der Waals surface area contributed by atoms with Crippen molar-refractivity contribution in [3.8, 4) is 11.8 Å². The lowest BCUT2D eigenvalue weighted by molar-refractivity contribution is -0.133. The smallest absolute Gasteiger partial charge is 0.255 e. The second kappa shape index (κ2) is 10.0. The van der Waals surface area contributed by atoms with Crippen molar-refractivity contribution in [1.29, 1.82) is 5.26 Å². The fourth-order valence-corrected chi connectivity index (χ4v) is 4.36. The minimum Gasteiger partial charge on any atom is -0.490 e. The predicted octanol–water partition coefficient (Wildman–Crippen LogP) is 3.61. The summed E-state index contributed by atoms with van der Waals surface area (Å²) in [5.74, 6) is 0.258. The summed E-state index contributed by atoms with van der Waals surface area (Å²) in [5, 5.41) is 15.9. The van der Waals surface area contributed by atoms with E-state index in [1.54, 1.807) is 35.2 Å². The van der Waals surface area contributed by atoms with E-state index in [0.717, 1.165) is 19.3 Å². The number of nitrogens with zero attached hydrogens (tertiary/aromatic N) is 2. The molecule has 32 heavy (non-hydrogen) atoms. The summed E-state index contributed by atoms with van der Waals surface area (Å²) in [6.07, 6.45) is 3.13. The van der Waals surface area contributed by atoms with Crippen LogP contribution in [-0.4, -0.2) is 48.0 Å². The van der Waals surface area contributed by atoms with Gasteiger partial charge >= 0.3 is 0 Å². The van der Waals surface area contributed by atoms with E-state index in [2.05, 4.69) is 16.7 Å². The summed E-state index contributed by atoms with van der Waals surface area (Å²) in [6, 6.07) is 15.7. The Morgan fingerprint density at radius 2 is 2.00 bits per heavy atom. The first-order valence-electron chi connectivity index (χ1n) is 10.8. The first-order chi connectivity index (χ1) is 15.5. The number of benzene rings is 2. The maximum atomic E-state index is 12.8. The Balaban J connectivity index is 1.32. The zero-order valence-corrected chi connectivity index (χ0v) is 18.3. The number of amides is 2. The second-order valence-electron chi connectivity index (χ2n) is 8.09. The Bertz CT molecular complexity index is 1020. The fraction of sp³-hybridized carbons (Fsp3) is 0.375. The summed E-state index contributed by atoms with van der Waals surface area (Å²) in [6.45, 7) is 0.995. The molecule has 0 aromatic heterocycles. The van der Waals surface area contributed by atoms with Crippen LogP contribution in [0.3, 0.4) is 0 Å². The van der Waals surface area contributed by atoms with Gasteiger partial charge in [0.25, 0.3) is 5.91 Å². The highest BCUT2D eigenvalue weighted by molar-refractivity contribution is 6.32. The van der Waals surface area contributed by atoms with Crippen molar-refractivity contribution in [1.82, 2.24) is 10.2 Å². The number of hydrogen-bond donors (Lipinski definition) is 2. The minimum absolute atomic E-state index is 0.000189. The van der Waals surface area contributed by atoms with Crippen LogP contribution in [-0.2, 0) is 4.79 Å². The highest BCUT2D eigenvalue weighted by Crippen LogP contribution is 2.29. The standard InChI is InChI=1S/C24H25ClN4O3/c25-20-10-8-17(28-23(30)16-5-2-1-3-6-16)13-22(20)32-15-18-9-11-21(27-18)24(31)29-12-4-7-19(29)14-26/h1-3,5-6,8,10,13,18-19,21,27H,4,7,9,11-12,15H2,(H,28,30)/t18-,19+,21+/m1/s1. The van der Waals surface area contributed by atoms with E-state index < -0.39 is 0 Å². The number of nitriles is 1. The molecule has 2 aromatic rings. The number of nitrogens with one attached hydrogen (secondary N) is 2. The topological polar surface area (TPSA) is 94.5 Å². The SMILES string of the molecule is N#C[C@@H]1CCCN1C(=O)[C@@H]1CC[C@H](COc2cc(NC(=O)c3ccccc3)ccc2Cl)N1. The van der Waals surface area contributed by atoms with Gasteiger partial charge in [0.2, 0.25) is 5.91 Å².